The Bertz CT molecular complexity index is 570. The van der Waals surface area contributed by atoms with Gasteiger partial charge in [-0.1, -0.05) is 0 Å². The third-order valence-corrected chi connectivity index (χ3v) is 2.34. The average molecular weight is 230 g/mol. The number of hydrogen-bond donors (Lipinski definition) is 1. The Morgan fingerprint density at radius 3 is 2.53 bits per heavy atom. The number of aryl methyl sites for hydroxylation is 1. The molecule has 0 atom stereocenters. The van der Waals surface area contributed by atoms with Crippen molar-refractivity contribution in [1.29, 1.82) is 0 Å². The number of carbonyl (C=O) groups excluding carboxylic acids is 1. The lowest BCUT2D eigenvalue weighted by molar-refractivity contribution is 0.0696. The van der Waals surface area contributed by atoms with Gasteiger partial charge >= 0.3 is 5.97 Å². The van der Waals surface area contributed by atoms with E-state index in [0.717, 1.165) is 5.69 Å². The largest absolute Gasteiger partial charge is 0.478 e. The number of carbonyl (C=O) groups is 2. The lowest BCUT2D eigenvalue weighted by atomic mass is 10.2. The van der Waals surface area contributed by atoms with Crippen LogP contribution in [0.3, 0.4) is 0 Å². The number of rotatable bonds is 3. The van der Waals surface area contributed by atoms with Gasteiger partial charge in [-0.15, -0.1) is 0 Å². The van der Waals surface area contributed by atoms with Crippen LogP contribution in [-0.2, 0) is 0 Å². The van der Waals surface area contributed by atoms with Crippen molar-refractivity contribution in [3.05, 3.63) is 47.3 Å². The summed E-state index contributed by atoms with van der Waals surface area (Å²) in [5.74, 6) is -0.983. The quantitative estimate of drug-likeness (QED) is 0.814. The van der Waals surface area contributed by atoms with Crippen LogP contribution in [0, 0.1) is 6.92 Å². The number of carboxylic acid groups (broad SMARTS) is 1. The van der Waals surface area contributed by atoms with Crippen LogP contribution >= 0.6 is 0 Å². The normalized spacial score (nSPS) is 10.2. The number of aromatic carboxylic acids is 1. The van der Waals surface area contributed by atoms with Gasteiger partial charge in [-0.2, -0.15) is 5.10 Å². The third kappa shape index (κ3) is 2.08. The lowest BCUT2D eigenvalue weighted by Crippen LogP contribution is -2.02. The second-order valence-corrected chi connectivity index (χ2v) is 3.59. The number of hydrogen-bond acceptors (Lipinski definition) is 3. The molecule has 0 radical (unpaired) electrons. The van der Waals surface area contributed by atoms with Gasteiger partial charge in [-0.05, 0) is 37.3 Å². The van der Waals surface area contributed by atoms with Crippen LogP contribution in [0.2, 0.25) is 0 Å². The predicted molar refractivity (Wildman–Crippen MR) is 60.6 cm³/mol. The van der Waals surface area contributed by atoms with E-state index in [1.807, 2.05) is 0 Å². The Labute approximate surface area is 97.3 Å². The monoisotopic (exact) mass is 230 g/mol. The minimum Gasteiger partial charge on any atom is -0.478 e. The molecule has 0 amide bonds. The lowest BCUT2D eigenvalue weighted by Gasteiger charge is -2.03. The maximum atomic E-state index is 10.8. The van der Waals surface area contributed by atoms with E-state index < -0.39 is 5.97 Å². The first-order valence-electron chi connectivity index (χ1n) is 4.97. The highest BCUT2D eigenvalue weighted by Gasteiger charge is 2.07. The minimum atomic E-state index is -0.983. The second kappa shape index (κ2) is 4.21. The highest BCUT2D eigenvalue weighted by atomic mass is 16.4. The van der Waals surface area contributed by atoms with Crippen LogP contribution < -0.4 is 0 Å². The summed E-state index contributed by atoms with van der Waals surface area (Å²) in [5, 5.41) is 12.9. The topological polar surface area (TPSA) is 72.2 Å². The van der Waals surface area contributed by atoms with Crippen LogP contribution in [0.25, 0.3) is 5.69 Å². The molecule has 0 spiro atoms. The van der Waals surface area contributed by atoms with E-state index in [2.05, 4.69) is 5.10 Å². The zero-order chi connectivity index (χ0) is 12.4. The van der Waals surface area contributed by atoms with Gasteiger partial charge in [0.1, 0.15) is 5.69 Å². The molecule has 86 valence electrons. The number of aldehydes is 1. The van der Waals surface area contributed by atoms with Crippen LogP contribution in [0.15, 0.2) is 30.3 Å². The maximum absolute atomic E-state index is 10.8. The Morgan fingerprint density at radius 2 is 2.00 bits per heavy atom. The molecule has 0 saturated carbocycles. The van der Waals surface area contributed by atoms with E-state index >= 15 is 0 Å². The molecule has 2 aromatic rings. The van der Waals surface area contributed by atoms with Gasteiger partial charge in [0.05, 0.1) is 16.9 Å². The van der Waals surface area contributed by atoms with Crippen molar-refractivity contribution in [3.8, 4) is 5.69 Å². The van der Waals surface area contributed by atoms with Gasteiger partial charge in [0, 0.05) is 0 Å². The van der Waals surface area contributed by atoms with Gasteiger partial charge in [-0.25, -0.2) is 9.48 Å². The molecule has 1 N–H and O–H groups in total. The fourth-order valence-electron chi connectivity index (χ4n) is 1.56. The van der Waals surface area contributed by atoms with E-state index in [1.54, 1.807) is 25.1 Å². The first-order chi connectivity index (χ1) is 8.11. The van der Waals surface area contributed by atoms with Gasteiger partial charge < -0.3 is 5.11 Å². The SMILES string of the molecule is Cc1cc(C=O)n(-c2ccc(C(=O)O)cc2)n1. The molecule has 2 rings (SSSR count). The molecule has 0 aliphatic carbocycles. The molecule has 0 aliphatic rings. The van der Waals surface area contributed by atoms with E-state index in [0.29, 0.717) is 17.7 Å². The van der Waals surface area contributed by atoms with Crippen molar-refractivity contribution in [2.24, 2.45) is 0 Å². The molecule has 0 aliphatic heterocycles. The number of benzene rings is 1. The van der Waals surface area contributed by atoms with E-state index in [9.17, 15) is 9.59 Å². The summed E-state index contributed by atoms with van der Waals surface area (Å²) in [5.41, 5.74) is 2.02. The molecule has 5 heteroatoms. The van der Waals surface area contributed by atoms with Crippen molar-refractivity contribution < 1.29 is 14.7 Å². The first kappa shape index (κ1) is 11.1. The summed E-state index contributed by atoms with van der Waals surface area (Å²) in [6.45, 7) is 1.79. The molecule has 0 unspecified atom stereocenters. The van der Waals surface area contributed by atoms with Crippen molar-refractivity contribution >= 4 is 12.3 Å². The van der Waals surface area contributed by atoms with E-state index in [1.165, 1.54) is 16.8 Å². The summed E-state index contributed by atoms with van der Waals surface area (Å²) in [6, 6.07) is 7.84. The molecular formula is C12H10N2O3. The van der Waals surface area contributed by atoms with Crippen LogP contribution in [0.4, 0.5) is 0 Å². The molecule has 5 nitrogen and oxygen atoms in total. The summed E-state index contributed by atoms with van der Waals surface area (Å²) < 4.78 is 1.48. The molecule has 0 saturated heterocycles. The van der Waals surface area contributed by atoms with Crippen molar-refractivity contribution in [3.63, 3.8) is 0 Å². The summed E-state index contributed by atoms with van der Waals surface area (Å²) in [6.07, 6.45) is 0.713. The number of carboxylic acids is 1. The van der Waals surface area contributed by atoms with Gasteiger partial charge in [0.2, 0.25) is 0 Å². The van der Waals surface area contributed by atoms with Gasteiger partial charge in [0.15, 0.2) is 6.29 Å². The van der Waals surface area contributed by atoms with E-state index in [4.69, 9.17) is 5.11 Å². The number of nitrogens with zero attached hydrogens (tertiary/aromatic N) is 2. The average Bonchev–Trinajstić information content (AvgIpc) is 2.70. The Hall–Kier alpha value is -2.43. The van der Waals surface area contributed by atoms with Crippen molar-refractivity contribution in [1.82, 2.24) is 9.78 Å². The Morgan fingerprint density at radius 1 is 1.35 bits per heavy atom. The third-order valence-electron chi connectivity index (χ3n) is 2.34. The zero-order valence-electron chi connectivity index (χ0n) is 9.12. The Balaban J connectivity index is 2.46. The standard InChI is InChI=1S/C12H10N2O3/c1-8-6-11(7-15)14(13-8)10-4-2-9(3-5-10)12(16)17/h2-7H,1H3,(H,16,17). The van der Waals surface area contributed by atoms with Crippen LogP contribution in [0.5, 0.6) is 0 Å². The van der Waals surface area contributed by atoms with Crippen LogP contribution in [-0.4, -0.2) is 27.1 Å². The van der Waals surface area contributed by atoms with Crippen molar-refractivity contribution in [2.75, 3.05) is 0 Å². The fourth-order valence-corrected chi connectivity index (χ4v) is 1.56. The molecule has 1 aromatic heterocycles. The van der Waals surface area contributed by atoms with Crippen LogP contribution in [0.1, 0.15) is 26.5 Å². The predicted octanol–water partition coefficient (Wildman–Crippen LogP) is 1.69. The Kier molecular flexibility index (Phi) is 2.74. The maximum Gasteiger partial charge on any atom is 0.335 e. The summed E-state index contributed by atoms with van der Waals surface area (Å²) in [4.78, 5) is 21.5. The molecule has 1 heterocycles. The molecule has 0 bridgehead atoms. The molecular weight excluding hydrogens is 220 g/mol. The first-order valence-corrected chi connectivity index (χ1v) is 4.97. The van der Waals surface area contributed by atoms with Gasteiger partial charge in [0.25, 0.3) is 0 Å². The fraction of sp³-hybridized carbons (Fsp3) is 0.0833. The smallest absolute Gasteiger partial charge is 0.335 e. The summed E-state index contributed by atoms with van der Waals surface area (Å²) in [7, 11) is 0. The van der Waals surface area contributed by atoms with Gasteiger partial charge in [-0.3, -0.25) is 4.79 Å². The molecule has 1 aromatic carbocycles. The number of aromatic nitrogens is 2. The summed E-state index contributed by atoms with van der Waals surface area (Å²) >= 11 is 0. The minimum absolute atomic E-state index is 0.199. The molecule has 17 heavy (non-hydrogen) atoms. The second-order valence-electron chi connectivity index (χ2n) is 3.59. The zero-order valence-corrected chi connectivity index (χ0v) is 9.12. The van der Waals surface area contributed by atoms with Crippen molar-refractivity contribution in [2.45, 2.75) is 6.92 Å². The molecule has 0 fully saturated rings. The highest BCUT2D eigenvalue weighted by molar-refractivity contribution is 5.87. The van der Waals surface area contributed by atoms with E-state index in [-0.39, 0.29) is 5.56 Å². The highest BCUT2D eigenvalue weighted by Crippen LogP contribution is 2.12.